The SMILES string of the molecule is CC(=O)N1CC(C)(C)Oc2ccc(S(=O)(=O)Nc3ccc(Cl)cc3[N+](=O)[O-])cc21. The fourth-order valence-electron chi connectivity index (χ4n) is 2.98. The highest BCUT2D eigenvalue weighted by molar-refractivity contribution is 7.92. The Morgan fingerprint density at radius 1 is 1.28 bits per heavy atom. The molecule has 0 spiro atoms. The lowest BCUT2D eigenvalue weighted by molar-refractivity contribution is -0.383. The lowest BCUT2D eigenvalue weighted by atomic mass is 10.1. The molecule has 154 valence electrons. The quantitative estimate of drug-likeness (QED) is 0.574. The van der Waals surface area contributed by atoms with E-state index >= 15 is 0 Å². The molecule has 3 rings (SSSR count). The maximum atomic E-state index is 12.8. The Morgan fingerprint density at radius 3 is 2.59 bits per heavy atom. The number of nitrogens with one attached hydrogen (secondary N) is 1. The number of fused-ring (bicyclic) bond motifs is 1. The molecule has 0 aliphatic carbocycles. The number of nitro benzene ring substituents is 1. The van der Waals surface area contributed by atoms with Crippen molar-refractivity contribution in [2.45, 2.75) is 31.3 Å². The van der Waals surface area contributed by atoms with Crippen LogP contribution in [0.4, 0.5) is 17.1 Å². The zero-order valence-corrected chi connectivity index (χ0v) is 17.4. The molecule has 29 heavy (non-hydrogen) atoms. The lowest BCUT2D eigenvalue weighted by Gasteiger charge is -2.39. The number of ether oxygens (including phenoxy) is 1. The maximum absolute atomic E-state index is 12.8. The van der Waals surface area contributed by atoms with Gasteiger partial charge in [0.15, 0.2) is 0 Å². The first-order chi connectivity index (χ1) is 13.4. The molecule has 2 aromatic rings. The first kappa shape index (κ1) is 20.9. The highest BCUT2D eigenvalue weighted by Gasteiger charge is 2.34. The van der Waals surface area contributed by atoms with Gasteiger partial charge < -0.3 is 9.64 Å². The van der Waals surface area contributed by atoms with E-state index in [9.17, 15) is 23.3 Å². The number of carbonyl (C=O) groups excluding carboxylic acids is 1. The van der Waals surface area contributed by atoms with E-state index < -0.39 is 26.2 Å². The van der Waals surface area contributed by atoms with E-state index in [1.54, 1.807) is 0 Å². The van der Waals surface area contributed by atoms with E-state index in [0.717, 1.165) is 6.07 Å². The third-order valence-electron chi connectivity index (χ3n) is 4.24. The molecule has 1 aliphatic heterocycles. The fourth-order valence-corrected chi connectivity index (χ4v) is 4.24. The molecule has 1 aliphatic rings. The van der Waals surface area contributed by atoms with Crippen molar-refractivity contribution < 1.29 is 22.9 Å². The smallest absolute Gasteiger partial charge is 0.294 e. The molecular formula is C18H18ClN3O6S. The second kappa shape index (κ2) is 7.20. The number of carbonyl (C=O) groups is 1. The van der Waals surface area contributed by atoms with Gasteiger partial charge in [0.2, 0.25) is 5.91 Å². The van der Waals surface area contributed by atoms with Crippen molar-refractivity contribution in [2.75, 3.05) is 16.2 Å². The van der Waals surface area contributed by atoms with Crippen LogP contribution in [0.3, 0.4) is 0 Å². The molecule has 0 radical (unpaired) electrons. The first-order valence-electron chi connectivity index (χ1n) is 8.47. The van der Waals surface area contributed by atoms with Crippen molar-refractivity contribution >= 4 is 44.6 Å². The van der Waals surface area contributed by atoms with Gasteiger partial charge in [-0.3, -0.25) is 19.6 Å². The van der Waals surface area contributed by atoms with Gasteiger partial charge in [0.05, 0.1) is 22.1 Å². The highest BCUT2D eigenvalue weighted by atomic mass is 35.5. The number of rotatable bonds is 4. The first-order valence-corrected chi connectivity index (χ1v) is 10.3. The van der Waals surface area contributed by atoms with Gasteiger partial charge in [0.25, 0.3) is 15.7 Å². The van der Waals surface area contributed by atoms with E-state index in [4.69, 9.17) is 16.3 Å². The molecule has 0 unspecified atom stereocenters. The van der Waals surface area contributed by atoms with Crippen LogP contribution in [0.2, 0.25) is 5.02 Å². The van der Waals surface area contributed by atoms with Crippen molar-refractivity contribution in [2.24, 2.45) is 0 Å². The Balaban J connectivity index is 2.03. The third kappa shape index (κ3) is 4.28. The fraction of sp³-hybridized carbons (Fsp3) is 0.278. The van der Waals surface area contributed by atoms with E-state index in [2.05, 4.69) is 4.72 Å². The molecule has 0 aromatic heterocycles. The number of amides is 1. The largest absolute Gasteiger partial charge is 0.484 e. The zero-order chi connectivity index (χ0) is 21.6. The molecule has 0 saturated carbocycles. The number of anilines is 2. The van der Waals surface area contributed by atoms with Gasteiger partial charge in [-0.15, -0.1) is 0 Å². The molecule has 0 fully saturated rings. The Bertz CT molecular complexity index is 1120. The Kier molecular flexibility index (Phi) is 5.18. The lowest BCUT2D eigenvalue weighted by Crippen LogP contribution is -2.48. The number of nitrogens with zero attached hydrogens (tertiary/aromatic N) is 2. The monoisotopic (exact) mass is 439 g/mol. The van der Waals surface area contributed by atoms with E-state index in [-0.39, 0.29) is 28.1 Å². The maximum Gasteiger partial charge on any atom is 0.294 e. The van der Waals surface area contributed by atoms with Crippen molar-refractivity contribution in [3.8, 4) is 5.75 Å². The second-order valence-electron chi connectivity index (χ2n) is 7.12. The summed E-state index contributed by atoms with van der Waals surface area (Å²) in [5, 5.41) is 11.3. The molecular weight excluding hydrogens is 422 g/mol. The summed E-state index contributed by atoms with van der Waals surface area (Å²) in [4.78, 5) is 23.8. The van der Waals surface area contributed by atoms with Gasteiger partial charge in [-0.05, 0) is 44.2 Å². The van der Waals surface area contributed by atoms with Gasteiger partial charge in [-0.25, -0.2) is 8.42 Å². The number of nitro groups is 1. The summed E-state index contributed by atoms with van der Waals surface area (Å²) in [7, 11) is -4.18. The van der Waals surface area contributed by atoms with E-state index in [1.807, 2.05) is 13.8 Å². The van der Waals surface area contributed by atoms with Gasteiger partial charge in [0, 0.05) is 18.0 Å². The van der Waals surface area contributed by atoms with Crippen molar-refractivity contribution in [1.82, 2.24) is 0 Å². The van der Waals surface area contributed by atoms with E-state index in [0.29, 0.717) is 11.4 Å². The molecule has 0 bridgehead atoms. The van der Waals surface area contributed by atoms with Crippen LogP contribution in [0, 0.1) is 10.1 Å². The van der Waals surface area contributed by atoms with Crippen LogP contribution in [-0.4, -0.2) is 31.4 Å². The highest BCUT2D eigenvalue weighted by Crippen LogP contribution is 2.39. The minimum atomic E-state index is -4.18. The topological polar surface area (TPSA) is 119 Å². The van der Waals surface area contributed by atoms with Crippen LogP contribution >= 0.6 is 11.6 Å². The predicted octanol–water partition coefficient (Wildman–Crippen LogP) is 3.57. The summed E-state index contributed by atoms with van der Waals surface area (Å²) in [5.41, 5.74) is -1.03. The second-order valence-corrected chi connectivity index (χ2v) is 9.24. The van der Waals surface area contributed by atoms with E-state index in [1.165, 1.54) is 42.2 Å². The molecule has 1 N–H and O–H groups in total. The van der Waals surface area contributed by atoms with Crippen LogP contribution in [0.25, 0.3) is 0 Å². The minimum Gasteiger partial charge on any atom is -0.484 e. The molecule has 0 atom stereocenters. The summed E-state index contributed by atoms with van der Waals surface area (Å²) >= 11 is 5.76. The number of hydrogen-bond donors (Lipinski definition) is 1. The Labute approximate surface area is 172 Å². The number of sulfonamides is 1. The molecule has 1 heterocycles. The summed E-state index contributed by atoms with van der Waals surface area (Å²) in [6.07, 6.45) is 0. The number of halogens is 1. The molecule has 9 nitrogen and oxygen atoms in total. The Hall–Kier alpha value is -2.85. The van der Waals surface area contributed by atoms with Gasteiger partial charge in [-0.2, -0.15) is 0 Å². The summed E-state index contributed by atoms with van der Waals surface area (Å²) in [6.45, 7) is 5.26. The van der Waals surface area contributed by atoms with Gasteiger partial charge in [-0.1, -0.05) is 11.6 Å². The van der Waals surface area contributed by atoms with Crippen LogP contribution in [0.1, 0.15) is 20.8 Å². The van der Waals surface area contributed by atoms with Crippen molar-refractivity contribution in [3.63, 3.8) is 0 Å². The van der Waals surface area contributed by atoms with Gasteiger partial charge in [0.1, 0.15) is 17.0 Å². The van der Waals surface area contributed by atoms with Crippen LogP contribution < -0.4 is 14.4 Å². The normalized spacial score (nSPS) is 15.2. The van der Waals surface area contributed by atoms with Crippen LogP contribution in [0.15, 0.2) is 41.3 Å². The summed E-state index contributed by atoms with van der Waals surface area (Å²) < 4.78 is 33.7. The molecule has 1 amide bonds. The average molecular weight is 440 g/mol. The van der Waals surface area contributed by atoms with Crippen molar-refractivity contribution in [1.29, 1.82) is 0 Å². The predicted molar refractivity (Wildman–Crippen MR) is 108 cm³/mol. The standard InChI is InChI=1S/C18H18ClN3O6S/c1-11(23)21-10-18(2,3)28-17-7-5-13(9-16(17)21)29(26,27)20-14-6-4-12(19)8-15(14)22(24)25/h4-9,20H,10H2,1-3H3. The van der Waals surface area contributed by atoms with Gasteiger partial charge >= 0.3 is 0 Å². The molecule has 0 saturated heterocycles. The molecule has 2 aromatic carbocycles. The Morgan fingerprint density at radius 2 is 1.97 bits per heavy atom. The minimum absolute atomic E-state index is 0.102. The summed E-state index contributed by atoms with van der Waals surface area (Å²) in [5.74, 6) is 0.103. The number of benzene rings is 2. The average Bonchev–Trinajstić information content (AvgIpc) is 2.60. The number of hydrogen-bond acceptors (Lipinski definition) is 6. The van der Waals surface area contributed by atoms with Crippen LogP contribution in [-0.2, 0) is 14.8 Å². The third-order valence-corrected chi connectivity index (χ3v) is 5.84. The zero-order valence-electron chi connectivity index (χ0n) is 15.8. The van der Waals surface area contributed by atoms with Crippen molar-refractivity contribution in [3.05, 3.63) is 51.5 Å². The summed E-state index contributed by atoms with van der Waals surface area (Å²) in [6, 6.07) is 7.67. The van der Waals surface area contributed by atoms with Crippen LogP contribution in [0.5, 0.6) is 5.75 Å². The molecule has 11 heteroatoms.